The highest BCUT2D eigenvalue weighted by atomic mass is 35.5. The van der Waals surface area contributed by atoms with Crippen LogP contribution in [0.25, 0.3) is 22.6 Å². The maximum absolute atomic E-state index is 12.1. The summed E-state index contributed by atoms with van der Waals surface area (Å²) in [6.07, 6.45) is 0. The van der Waals surface area contributed by atoms with E-state index in [1.807, 2.05) is 0 Å². The predicted molar refractivity (Wildman–Crippen MR) is 77.8 cm³/mol. The molecule has 2 aromatic heterocycles. The van der Waals surface area contributed by atoms with Gasteiger partial charge < -0.3 is 10.2 Å². The zero-order chi connectivity index (χ0) is 14.4. The number of hydrogen-bond acceptors (Lipinski definition) is 4. The van der Waals surface area contributed by atoms with Gasteiger partial charge in [0.1, 0.15) is 0 Å². The summed E-state index contributed by atoms with van der Waals surface area (Å²) >= 11 is 10.8. The summed E-state index contributed by atoms with van der Waals surface area (Å²) < 4.78 is 2.23. The number of benzene rings is 1. The Morgan fingerprint density at radius 2 is 2.00 bits per heavy atom. The molecule has 8 heteroatoms. The van der Waals surface area contributed by atoms with Gasteiger partial charge in [-0.25, -0.2) is 4.98 Å². The summed E-state index contributed by atoms with van der Waals surface area (Å²) in [5.74, 6) is 0.241. The van der Waals surface area contributed by atoms with Crippen LogP contribution >= 0.6 is 23.8 Å². The largest absolute Gasteiger partial charge is 0.426 e. The number of imidazole rings is 1. The third-order valence-corrected chi connectivity index (χ3v) is 3.62. The molecule has 0 unspecified atom stereocenters. The summed E-state index contributed by atoms with van der Waals surface area (Å²) in [5.41, 5.74) is 0.505. The first-order chi connectivity index (χ1) is 9.49. The molecule has 0 bridgehead atoms. The quantitative estimate of drug-likeness (QED) is 0.534. The van der Waals surface area contributed by atoms with Crippen LogP contribution in [0.3, 0.4) is 0 Å². The van der Waals surface area contributed by atoms with E-state index >= 15 is 0 Å². The van der Waals surface area contributed by atoms with E-state index < -0.39 is 5.56 Å². The summed E-state index contributed by atoms with van der Waals surface area (Å²) in [4.78, 5) is 19.1. The number of H-pyrrole nitrogens is 1. The van der Waals surface area contributed by atoms with Crippen molar-refractivity contribution >= 4 is 35.0 Å². The van der Waals surface area contributed by atoms with Crippen LogP contribution in [-0.2, 0) is 7.05 Å². The second-order valence-corrected chi connectivity index (χ2v) is 5.07. The third kappa shape index (κ3) is 1.83. The molecule has 0 radical (unpaired) electrons. The highest BCUT2D eigenvalue weighted by Crippen LogP contribution is 2.22. The Kier molecular flexibility index (Phi) is 2.88. The molecule has 0 atom stereocenters. The van der Waals surface area contributed by atoms with Crippen molar-refractivity contribution in [1.82, 2.24) is 19.3 Å². The minimum atomic E-state index is -0.418. The molecule has 0 amide bonds. The van der Waals surface area contributed by atoms with Gasteiger partial charge in [0.15, 0.2) is 21.8 Å². The fourth-order valence-corrected chi connectivity index (χ4v) is 2.22. The van der Waals surface area contributed by atoms with E-state index in [0.717, 1.165) is 4.73 Å². The summed E-state index contributed by atoms with van der Waals surface area (Å²) in [7, 11) is 1.52. The number of nitrogens with one attached hydrogen (secondary N) is 1. The van der Waals surface area contributed by atoms with Crippen LogP contribution < -0.4 is 5.56 Å². The molecule has 2 N–H and O–H groups in total. The second kappa shape index (κ2) is 4.46. The predicted octanol–water partition coefficient (Wildman–Crippen LogP) is 2.35. The number of halogens is 1. The van der Waals surface area contributed by atoms with Crippen molar-refractivity contribution in [3.05, 3.63) is 44.4 Å². The molecule has 6 nitrogen and oxygen atoms in total. The second-order valence-electron chi connectivity index (χ2n) is 4.25. The third-order valence-electron chi connectivity index (χ3n) is 2.99. The van der Waals surface area contributed by atoms with E-state index in [4.69, 9.17) is 23.8 Å². The maximum atomic E-state index is 12.1. The molecule has 0 saturated carbocycles. The van der Waals surface area contributed by atoms with Crippen LogP contribution in [-0.4, -0.2) is 24.5 Å². The fourth-order valence-electron chi connectivity index (χ4n) is 1.91. The van der Waals surface area contributed by atoms with Gasteiger partial charge in [-0.3, -0.25) is 9.36 Å². The molecule has 0 spiro atoms. The zero-order valence-corrected chi connectivity index (χ0v) is 11.9. The topological polar surface area (TPSA) is 75.8 Å². The van der Waals surface area contributed by atoms with Crippen LogP contribution in [0, 0.1) is 4.77 Å². The van der Waals surface area contributed by atoms with E-state index in [1.54, 1.807) is 24.3 Å². The highest BCUT2D eigenvalue weighted by Gasteiger charge is 2.16. The van der Waals surface area contributed by atoms with Crippen molar-refractivity contribution in [2.75, 3.05) is 0 Å². The number of hydrogen-bond donors (Lipinski definition) is 2. The lowest BCUT2D eigenvalue weighted by Gasteiger charge is -2.01. The first kappa shape index (κ1) is 12.9. The van der Waals surface area contributed by atoms with Gasteiger partial charge in [0, 0.05) is 17.6 Å². The molecule has 3 rings (SSSR count). The van der Waals surface area contributed by atoms with Gasteiger partial charge in [-0.05, 0) is 36.5 Å². The summed E-state index contributed by atoms with van der Waals surface area (Å²) in [6, 6.07) is 6.76. The molecule has 0 aliphatic carbocycles. The van der Waals surface area contributed by atoms with Gasteiger partial charge in [-0.15, -0.1) is 0 Å². The summed E-state index contributed by atoms with van der Waals surface area (Å²) in [5, 5.41) is 10.7. The van der Waals surface area contributed by atoms with Crippen LogP contribution in [0.2, 0.25) is 5.02 Å². The van der Waals surface area contributed by atoms with Crippen LogP contribution in [0.1, 0.15) is 0 Å². The SMILES string of the molecule is Cn1c(=S)[nH]c2nc(-c3ccc(Cl)cc3)n(O)c2c1=O. The van der Waals surface area contributed by atoms with Crippen molar-refractivity contribution in [2.24, 2.45) is 7.05 Å². The van der Waals surface area contributed by atoms with Crippen LogP contribution in [0.4, 0.5) is 0 Å². The fraction of sp³-hybridized carbons (Fsp3) is 0.0833. The summed E-state index contributed by atoms with van der Waals surface area (Å²) in [6.45, 7) is 0. The smallest absolute Gasteiger partial charge is 0.283 e. The maximum Gasteiger partial charge on any atom is 0.283 e. The lowest BCUT2D eigenvalue weighted by Crippen LogP contribution is -2.20. The molecule has 102 valence electrons. The number of rotatable bonds is 1. The van der Waals surface area contributed by atoms with Crippen molar-refractivity contribution in [3.63, 3.8) is 0 Å². The van der Waals surface area contributed by atoms with E-state index in [2.05, 4.69) is 9.97 Å². The Hall–Kier alpha value is -2.12. The Morgan fingerprint density at radius 3 is 2.65 bits per heavy atom. The number of nitrogens with zero attached hydrogens (tertiary/aromatic N) is 3. The molecule has 1 aromatic carbocycles. The Balaban J connectivity index is 2.37. The van der Waals surface area contributed by atoms with Crippen molar-refractivity contribution in [3.8, 4) is 11.4 Å². The Morgan fingerprint density at radius 1 is 1.35 bits per heavy atom. The first-order valence-corrected chi connectivity index (χ1v) is 6.44. The van der Waals surface area contributed by atoms with E-state index in [-0.39, 0.29) is 21.8 Å². The van der Waals surface area contributed by atoms with Gasteiger partial charge in [-0.2, -0.15) is 4.73 Å². The molecule has 0 saturated heterocycles. The standard InChI is InChI=1S/C12H9ClN4O2S/c1-16-11(18)8-9(15-12(16)20)14-10(17(8)19)6-2-4-7(13)5-3-6/h2-5,19H,1H3,(H,15,20). The lowest BCUT2D eigenvalue weighted by molar-refractivity contribution is 0.202. The number of aromatic nitrogens is 4. The molecule has 0 fully saturated rings. The molecule has 0 aliphatic rings. The zero-order valence-electron chi connectivity index (χ0n) is 10.3. The van der Waals surface area contributed by atoms with Gasteiger partial charge in [0.25, 0.3) is 5.56 Å². The van der Waals surface area contributed by atoms with Gasteiger partial charge in [0.2, 0.25) is 0 Å². The van der Waals surface area contributed by atoms with E-state index in [9.17, 15) is 10.0 Å². The molecular weight excluding hydrogens is 300 g/mol. The van der Waals surface area contributed by atoms with Crippen LogP contribution in [0.5, 0.6) is 0 Å². The van der Waals surface area contributed by atoms with Crippen molar-refractivity contribution in [2.45, 2.75) is 0 Å². The monoisotopic (exact) mass is 308 g/mol. The minimum Gasteiger partial charge on any atom is -0.426 e. The molecule has 0 aliphatic heterocycles. The number of fused-ring (bicyclic) bond motifs is 1. The van der Waals surface area contributed by atoms with Crippen LogP contribution in [0.15, 0.2) is 29.1 Å². The van der Waals surface area contributed by atoms with Crippen molar-refractivity contribution in [1.29, 1.82) is 0 Å². The first-order valence-electron chi connectivity index (χ1n) is 5.66. The average Bonchev–Trinajstić information content (AvgIpc) is 2.74. The van der Waals surface area contributed by atoms with Crippen molar-refractivity contribution < 1.29 is 5.21 Å². The van der Waals surface area contributed by atoms with E-state index in [0.29, 0.717) is 10.6 Å². The molecule has 20 heavy (non-hydrogen) atoms. The average molecular weight is 309 g/mol. The lowest BCUT2D eigenvalue weighted by atomic mass is 10.2. The number of aromatic amines is 1. The highest BCUT2D eigenvalue weighted by molar-refractivity contribution is 7.71. The van der Waals surface area contributed by atoms with E-state index in [1.165, 1.54) is 11.6 Å². The van der Waals surface area contributed by atoms with Gasteiger partial charge >= 0.3 is 0 Å². The normalized spacial score (nSPS) is 11.1. The molecule has 2 heterocycles. The Labute approximate surface area is 122 Å². The molecule has 3 aromatic rings. The Bertz CT molecular complexity index is 924. The molecular formula is C12H9ClN4O2S. The minimum absolute atomic E-state index is 0.0473. The van der Waals surface area contributed by atoms with Gasteiger partial charge in [-0.1, -0.05) is 11.6 Å². The van der Waals surface area contributed by atoms with Gasteiger partial charge in [0.05, 0.1) is 0 Å².